The van der Waals surface area contributed by atoms with Gasteiger partial charge in [0.15, 0.2) is 0 Å². The van der Waals surface area contributed by atoms with Crippen molar-refractivity contribution >= 4 is 45.0 Å². The molecule has 0 radical (unpaired) electrons. The number of rotatable bonds is 5. The molecule has 3 aromatic rings. The molecule has 0 saturated heterocycles. The molecule has 7 heteroatoms. The van der Waals surface area contributed by atoms with Gasteiger partial charge in [-0.3, -0.25) is 0 Å². The highest BCUT2D eigenvalue weighted by Crippen LogP contribution is 2.20. The zero-order valence-corrected chi connectivity index (χ0v) is 14.0. The summed E-state index contributed by atoms with van der Waals surface area (Å²) in [5, 5.41) is 15.2. The third kappa shape index (κ3) is 4.08. The Balaban J connectivity index is 1.76. The molecule has 0 saturated carbocycles. The number of carboxylic acid groups (broad SMARTS) is 1. The molecule has 1 aromatic heterocycles. The summed E-state index contributed by atoms with van der Waals surface area (Å²) in [6.45, 7) is 0. The molecule has 1 heterocycles. The minimum absolute atomic E-state index is 0.210. The number of halogens is 1. The molecule has 0 spiro atoms. The Kier molecular flexibility index (Phi) is 4.72. The molecule has 0 fully saturated rings. The van der Waals surface area contributed by atoms with Gasteiger partial charge in [0.2, 0.25) is 5.95 Å². The first-order valence-corrected chi connectivity index (χ1v) is 7.85. The third-order valence-corrected chi connectivity index (χ3v) is 3.67. The van der Waals surface area contributed by atoms with Crippen LogP contribution in [0.15, 0.2) is 65.3 Å². The lowest BCUT2D eigenvalue weighted by molar-refractivity contribution is 0.0697. The summed E-state index contributed by atoms with van der Waals surface area (Å²) in [6.07, 6.45) is 1.62. The maximum Gasteiger partial charge on any atom is 0.335 e. The van der Waals surface area contributed by atoms with E-state index in [-0.39, 0.29) is 5.56 Å². The molecular weight excluding hydrogens is 372 g/mol. The molecule has 6 nitrogen and oxygen atoms in total. The van der Waals surface area contributed by atoms with Gasteiger partial charge in [-0.15, -0.1) is 0 Å². The minimum Gasteiger partial charge on any atom is -0.478 e. The fraction of sp³-hybridized carbons (Fsp3) is 0. The topological polar surface area (TPSA) is 87.1 Å². The molecule has 0 aliphatic carbocycles. The first-order chi connectivity index (χ1) is 11.6. The molecule has 120 valence electrons. The van der Waals surface area contributed by atoms with Gasteiger partial charge in [-0.2, -0.15) is 4.98 Å². The van der Waals surface area contributed by atoms with Gasteiger partial charge in [-0.1, -0.05) is 22.0 Å². The molecule has 0 bridgehead atoms. The van der Waals surface area contributed by atoms with Crippen molar-refractivity contribution in [2.24, 2.45) is 0 Å². The van der Waals surface area contributed by atoms with Crippen molar-refractivity contribution in [3.8, 4) is 0 Å². The van der Waals surface area contributed by atoms with E-state index in [1.165, 1.54) is 6.07 Å². The van der Waals surface area contributed by atoms with E-state index in [9.17, 15) is 4.79 Å². The number of carboxylic acids is 1. The van der Waals surface area contributed by atoms with E-state index in [2.05, 4.69) is 36.5 Å². The summed E-state index contributed by atoms with van der Waals surface area (Å²) in [4.78, 5) is 19.6. The van der Waals surface area contributed by atoms with E-state index in [0.29, 0.717) is 17.5 Å². The summed E-state index contributed by atoms with van der Waals surface area (Å²) < 4.78 is 0.989. The van der Waals surface area contributed by atoms with Crippen molar-refractivity contribution in [1.82, 2.24) is 9.97 Å². The molecule has 3 rings (SSSR count). The van der Waals surface area contributed by atoms with Gasteiger partial charge in [0.25, 0.3) is 0 Å². The zero-order chi connectivity index (χ0) is 16.9. The molecule has 3 N–H and O–H groups in total. The summed E-state index contributed by atoms with van der Waals surface area (Å²) in [6, 6.07) is 15.9. The summed E-state index contributed by atoms with van der Waals surface area (Å²) in [5.41, 5.74) is 1.72. The van der Waals surface area contributed by atoms with Crippen LogP contribution in [0.3, 0.4) is 0 Å². The van der Waals surface area contributed by atoms with Gasteiger partial charge in [0, 0.05) is 22.0 Å². The van der Waals surface area contributed by atoms with E-state index in [0.717, 1.165) is 10.2 Å². The lowest BCUT2D eigenvalue weighted by atomic mass is 10.2. The van der Waals surface area contributed by atoms with Crippen LogP contribution < -0.4 is 10.6 Å². The lowest BCUT2D eigenvalue weighted by Crippen LogP contribution is -2.01. The average Bonchev–Trinajstić information content (AvgIpc) is 2.57. The highest BCUT2D eigenvalue weighted by atomic mass is 79.9. The molecule has 0 amide bonds. The van der Waals surface area contributed by atoms with E-state index in [1.807, 2.05) is 24.3 Å². The maximum absolute atomic E-state index is 11.0. The number of aromatic nitrogens is 2. The Bertz CT molecular complexity index is 868. The number of aromatic carboxylic acids is 1. The highest BCUT2D eigenvalue weighted by Gasteiger charge is 2.05. The molecule has 0 aliphatic heterocycles. The first-order valence-electron chi connectivity index (χ1n) is 7.06. The van der Waals surface area contributed by atoms with Gasteiger partial charge in [0.05, 0.1) is 5.56 Å². The van der Waals surface area contributed by atoms with Crippen LogP contribution in [0.1, 0.15) is 10.4 Å². The third-order valence-electron chi connectivity index (χ3n) is 3.14. The number of hydrogen-bond acceptors (Lipinski definition) is 5. The molecule has 0 atom stereocenters. The molecule has 2 aromatic carbocycles. The number of anilines is 4. The summed E-state index contributed by atoms with van der Waals surface area (Å²) >= 11 is 3.38. The SMILES string of the molecule is O=C(O)c1cccc(Nc2ccnc(Nc3ccc(Br)cc3)n2)c1. The smallest absolute Gasteiger partial charge is 0.335 e. The fourth-order valence-corrected chi connectivity index (χ4v) is 2.29. The largest absolute Gasteiger partial charge is 0.478 e. The Morgan fingerprint density at radius 3 is 2.54 bits per heavy atom. The number of carbonyl (C=O) groups is 1. The number of nitrogens with zero attached hydrogens (tertiary/aromatic N) is 2. The zero-order valence-electron chi connectivity index (χ0n) is 12.4. The van der Waals surface area contributed by atoms with Crippen molar-refractivity contribution in [2.75, 3.05) is 10.6 Å². The van der Waals surface area contributed by atoms with E-state index in [1.54, 1.807) is 30.5 Å². The molecular formula is C17H13BrN4O2. The second kappa shape index (κ2) is 7.10. The van der Waals surface area contributed by atoms with Crippen LogP contribution in [0, 0.1) is 0 Å². The van der Waals surface area contributed by atoms with Crippen molar-refractivity contribution in [2.45, 2.75) is 0 Å². The Hall–Kier alpha value is -2.93. The van der Waals surface area contributed by atoms with Crippen LogP contribution in [-0.2, 0) is 0 Å². The lowest BCUT2D eigenvalue weighted by Gasteiger charge is -2.09. The maximum atomic E-state index is 11.0. The van der Waals surface area contributed by atoms with Gasteiger partial charge in [0.1, 0.15) is 5.82 Å². The van der Waals surface area contributed by atoms with Gasteiger partial charge >= 0.3 is 5.97 Å². The summed E-state index contributed by atoms with van der Waals surface area (Å²) in [5.74, 6) is 0.0304. The van der Waals surface area contributed by atoms with Crippen LogP contribution in [-0.4, -0.2) is 21.0 Å². The van der Waals surface area contributed by atoms with E-state index in [4.69, 9.17) is 5.11 Å². The molecule has 24 heavy (non-hydrogen) atoms. The van der Waals surface area contributed by atoms with Crippen molar-refractivity contribution in [1.29, 1.82) is 0 Å². The Morgan fingerprint density at radius 1 is 1.00 bits per heavy atom. The average molecular weight is 385 g/mol. The van der Waals surface area contributed by atoms with Crippen LogP contribution in [0.2, 0.25) is 0 Å². The van der Waals surface area contributed by atoms with Crippen LogP contribution in [0.4, 0.5) is 23.1 Å². The molecule has 0 unspecified atom stereocenters. The van der Waals surface area contributed by atoms with Crippen LogP contribution in [0.5, 0.6) is 0 Å². The quantitative estimate of drug-likeness (QED) is 0.603. The van der Waals surface area contributed by atoms with Crippen molar-refractivity contribution in [3.05, 3.63) is 70.8 Å². The minimum atomic E-state index is -0.973. The van der Waals surface area contributed by atoms with Gasteiger partial charge < -0.3 is 15.7 Å². The second-order valence-corrected chi connectivity index (χ2v) is 5.82. The second-order valence-electron chi connectivity index (χ2n) is 4.91. The van der Waals surface area contributed by atoms with E-state index < -0.39 is 5.97 Å². The number of hydrogen-bond donors (Lipinski definition) is 3. The standard InChI is InChI=1S/C17H13BrN4O2/c18-12-4-6-13(7-5-12)21-17-19-9-8-15(22-17)20-14-3-1-2-11(10-14)16(23)24/h1-10H,(H,23,24)(H2,19,20,21,22). The van der Waals surface area contributed by atoms with Gasteiger partial charge in [-0.25, -0.2) is 9.78 Å². The predicted molar refractivity (Wildman–Crippen MR) is 96.1 cm³/mol. The van der Waals surface area contributed by atoms with Crippen molar-refractivity contribution < 1.29 is 9.90 Å². The van der Waals surface area contributed by atoms with Gasteiger partial charge in [-0.05, 0) is 48.5 Å². The fourth-order valence-electron chi connectivity index (χ4n) is 2.03. The first kappa shape index (κ1) is 15.9. The summed E-state index contributed by atoms with van der Waals surface area (Å²) in [7, 11) is 0. The van der Waals surface area contributed by atoms with Crippen LogP contribution in [0.25, 0.3) is 0 Å². The number of nitrogens with one attached hydrogen (secondary N) is 2. The Labute approximate surface area is 146 Å². The van der Waals surface area contributed by atoms with Crippen LogP contribution >= 0.6 is 15.9 Å². The predicted octanol–water partition coefficient (Wildman–Crippen LogP) is 4.42. The number of benzene rings is 2. The van der Waals surface area contributed by atoms with E-state index >= 15 is 0 Å². The highest BCUT2D eigenvalue weighted by molar-refractivity contribution is 9.10. The normalized spacial score (nSPS) is 10.2. The monoisotopic (exact) mass is 384 g/mol. The molecule has 0 aliphatic rings. The Morgan fingerprint density at radius 2 is 1.79 bits per heavy atom. The van der Waals surface area contributed by atoms with Crippen molar-refractivity contribution in [3.63, 3.8) is 0 Å².